The highest BCUT2D eigenvalue weighted by atomic mass is 19.4. The van der Waals surface area contributed by atoms with Gasteiger partial charge < -0.3 is 10.6 Å². The summed E-state index contributed by atoms with van der Waals surface area (Å²) in [5.41, 5.74) is 0.544. The monoisotopic (exact) mass is 557 g/mol. The lowest BCUT2D eigenvalue weighted by molar-refractivity contribution is -0.138. The first-order chi connectivity index (χ1) is 19.0. The summed E-state index contributed by atoms with van der Waals surface area (Å²) in [6.45, 7) is 0.835. The Labute approximate surface area is 224 Å². The number of urea groups is 1. The number of pyridine rings is 2. The molecule has 0 unspecified atom stereocenters. The molecule has 0 spiro atoms. The molecule has 4 aromatic rings. The molecule has 2 N–H and O–H groups in total. The van der Waals surface area contributed by atoms with Crippen molar-refractivity contribution in [2.45, 2.75) is 18.8 Å². The second kappa shape index (κ2) is 10.5. The summed E-state index contributed by atoms with van der Waals surface area (Å²) in [7, 11) is 0. The van der Waals surface area contributed by atoms with E-state index in [0.29, 0.717) is 35.6 Å². The van der Waals surface area contributed by atoms with Gasteiger partial charge in [0, 0.05) is 36.1 Å². The highest BCUT2D eigenvalue weighted by molar-refractivity contribution is 6.03. The smallest absolute Gasteiger partial charge is 0.382 e. The maximum atomic E-state index is 13.4. The van der Waals surface area contributed by atoms with E-state index in [0.717, 1.165) is 24.4 Å². The van der Waals surface area contributed by atoms with Crippen LogP contribution in [0.15, 0.2) is 79.0 Å². The van der Waals surface area contributed by atoms with Gasteiger partial charge in [-0.3, -0.25) is 9.88 Å². The van der Waals surface area contributed by atoms with Crippen molar-refractivity contribution < 1.29 is 31.1 Å². The van der Waals surface area contributed by atoms with Crippen LogP contribution in [0.25, 0.3) is 22.5 Å². The molecule has 0 atom stereocenters. The Balaban J connectivity index is 1.41. The predicted octanol–water partition coefficient (Wildman–Crippen LogP) is 7.70. The Hall–Kier alpha value is -4.61. The molecule has 2 aromatic heterocycles. The molecule has 0 radical (unpaired) electrons. The molecule has 1 aliphatic rings. The minimum Gasteiger partial charge on any atom is -0.382 e. The van der Waals surface area contributed by atoms with Crippen LogP contribution in [0, 0.1) is 0 Å². The molecule has 0 saturated heterocycles. The van der Waals surface area contributed by atoms with E-state index >= 15 is 0 Å². The van der Waals surface area contributed by atoms with Crippen molar-refractivity contribution in [3.05, 3.63) is 90.1 Å². The molecule has 1 aliphatic heterocycles. The molecule has 0 fully saturated rings. The number of halogens is 6. The van der Waals surface area contributed by atoms with Gasteiger partial charge in [0.15, 0.2) is 5.82 Å². The van der Waals surface area contributed by atoms with Gasteiger partial charge in [-0.1, -0.05) is 24.3 Å². The van der Waals surface area contributed by atoms with Crippen molar-refractivity contribution in [3.63, 3.8) is 0 Å². The molecule has 206 valence electrons. The standard InChI is InChI=1S/C28H21F6N5O/c29-27(30,31)19-6-1-4-17(14-19)23-10-11-24-25(38-23)39(13-3-12-35-24)26(40)37-21-7-2-5-18(15-21)22-9-8-20(16-36-22)28(32,33)34/h1-2,4-11,14-16,35H,3,12-13H2,(H,37,40). The first-order valence-corrected chi connectivity index (χ1v) is 12.1. The molecule has 0 aliphatic carbocycles. The molecular weight excluding hydrogens is 536 g/mol. The van der Waals surface area contributed by atoms with E-state index in [-0.39, 0.29) is 23.6 Å². The van der Waals surface area contributed by atoms with Crippen LogP contribution in [0.4, 0.5) is 48.3 Å². The average Bonchev–Trinajstić information content (AvgIpc) is 3.14. The Kier molecular flexibility index (Phi) is 7.09. The summed E-state index contributed by atoms with van der Waals surface area (Å²) in [5.74, 6) is 0.255. The van der Waals surface area contributed by atoms with Gasteiger partial charge in [0.25, 0.3) is 0 Å². The zero-order valence-electron chi connectivity index (χ0n) is 20.6. The van der Waals surface area contributed by atoms with E-state index in [4.69, 9.17) is 0 Å². The number of rotatable bonds is 3. The fraction of sp³-hybridized carbons (Fsp3) is 0.179. The van der Waals surface area contributed by atoms with Crippen LogP contribution in [0.2, 0.25) is 0 Å². The number of alkyl halides is 6. The molecule has 0 saturated carbocycles. The van der Waals surface area contributed by atoms with Crippen LogP contribution < -0.4 is 15.5 Å². The molecular formula is C28H21F6N5O. The zero-order valence-corrected chi connectivity index (χ0v) is 20.6. The molecule has 6 nitrogen and oxygen atoms in total. The maximum Gasteiger partial charge on any atom is 0.417 e. The third-order valence-electron chi connectivity index (χ3n) is 6.24. The van der Waals surface area contributed by atoms with Gasteiger partial charge in [0.05, 0.1) is 28.2 Å². The van der Waals surface area contributed by atoms with Crippen molar-refractivity contribution >= 4 is 23.2 Å². The van der Waals surface area contributed by atoms with E-state index in [2.05, 4.69) is 20.6 Å². The van der Waals surface area contributed by atoms with E-state index in [9.17, 15) is 31.1 Å². The van der Waals surface area contributed by atoms with Crippen molar-refractivity contribution in [3.8, 4) is 22.5 Å². The summed E-state index contributed by atoms with van der Waals surface area (Å²) in [6, 6.07) is 16.2. The molecule has 0 bridgehead atoms. The lowest BCUT2D eigenvalue weighted by atomic mass is 10.1. The summed E-state index contributed by atoms with van der Waals surface area (Å²) < 4.78 is 78.4. The number of hydrogen-bond donors (Lipinski definition) is 2. The Bertz CT molecular complexity index is 1540. The third kappa shape index (κ3) is 5.85. The summed E-state index contributed by atoms with van der Waals surface area (Å²) in [6.07, 6.45) is -7.69. The normalized spacial score (nSPS) is 13.7. The Morgan fingerprint density at radius 1 is 0.825 bits per heavy atom. The van der Waals surface area contributed by atoms with Gasteiger partial charge in [-0.2, -0.15) is 26.3 Å². The van der Waals surface area contributed by atoms with Gasteiger partial charge in [-0.05, 0) is 55.0 Å². The van der Waals surface area contributed by atoms with Crippen LogP contribution in [-0.4, -0.2) is 29.1 Å². The fourth-order valence-corrected chi connectivity index (χ4v) is 4.25. The Morgan fingerprint density at radius 2 is 1.52 bits per heavy atom. The molecule has 2 aromatic carbocycles. The number of amides is 2. The molecule has 40 heavy (non-hydrogen) atoms. The van der Waals surface area contributed by atoms with Gasteiger partial charge >= 0.3 is 18.4 Å². The molecule has 5 rings (SSSR count). The van der Waals surface area contributed by atoms with Gasteiger partial charge in [0.2, 0.25) is 0 Å². The number of nitrogens with one attached hydrogen (secondary N) is 2. The van der Waals surface area contributed by atoms with Crippen molar-refractivity contribution in [2.75, 3.05) is 28.6 Å². The number of hydrogen-bond acceptors (Lipinski definition) is 4. The highest BCUT2D eigenvalue weighted by Crippen LogP contribution is 2.35. The second-order valence-electron chi connectivity index (χ2n) is 9.02. The molecule has 3 heterocycles. The number of benzene rings is 2. The number of aromatic nitrogens is 2. The van der Waals surface area contributed by atoms with Crippen LogP contribution in [0.5, 0.6) is 0 Å². The minimum absolute atomic E-state index is 0.249. The van der Waals surface area contributed by atoms with Crippen LogP contribution >= 0.6 is 0 Å². The number of carbonyl (C=O) groups is 1. The SMILES string of the molecule is O=C(Nc1cccc(-c2ccc(C(F)(F)F)cn2)c1)N1CCCNc2ccc(-c3cccc(C(F)(F)F)c3)nc21. The fourth-order valence-electron chi connectivity index (χ4n) is 4.25. The van der Waals surface area contributed by atoms with Crippen molar-refractivity contribution in [1.82, 2.24) is 9.97 Å². The highest BCUT2D eigenvalue weighted by Gasteiger charge is 2.32. The maximum absolute atomic E-state index is 13.4. The molecule has 12 heteroatoms. The minimum atomic E-state index is -4.51. The van der Waals surface area contributed by atoms with Gasteiger partial charge in [0.1, 0.15) is 0 Å². The second-order valence-corrected chi connectivity index (χ2v) is 9.02. The van der Waals surface area contributed by atoms with Crippen LogP contribution in [0.1, 0.15) is 17.5 Å². The van der Waals surface area contributed by atoms with Crippen molar-refractivity contribution in [2.24, 2.45) is 0 Å². The Morgan fingerprint density at radius 3 is 2.23 bits per heavy atom. The summed E-state index contributed by atoms with van der Waals surface area (Å²) in [4.78, 5) is 23.2. The topological polar surface area (TPSA) is 70.2 Å². The van der Waals surface area contributed by atoms with E-state index < -0.39 is 29.5 Å². The predicted molar refractivity (Wildman–Crippen MR) is 139 cm³/mol. The van der Waals surface area contributed by atoms with Crippen LogP contribution in [0.3, 0.4) is 0 Å². The van der Waals surface area contributed by atoms with Crippen LogP contribution in [-0.2, 0) is 12.4 Å². The van der Waals surface area contributed by atoms with Gasteiger partial charge in [-0.15, -0.1) is 0 Å². The zero-order chi connectivity index (χ0) is 28.5. The lowest BCUT2D eigenvalue weighted by Gasteiger charge is -2.22. The number of fused-ring (bicyclic) bond motifs is 1. The first kappa shape index (κ1) is 27.0. The molecule has 2 amide bonds. The largest absolute Gasteiger partial charge is 0.417 e. The van der Waals surface area contributed by atoms with E-state index in [1.54, 1.807) is 36.4 Å². The number of carbonyl (C=O) groups excluding carboxylic acids is 1. The van der Waals surface area contributed by atoms with E-state index in [1.807, 2.05) is 0 Å². The summed E-state index contributed by atoms with van der Waals surface area (Å²) in [5, 5.41) is 5.96. The average molecular weight is 557 g/mol. The van der Waals surface area contributed by atoms with E-state index in [1.165, 1.54) is 23.1 Å². The lowest BCUT2D eigenvalue weighted by Crippen LogP contribution is -2.36. The first-order valence-electron chi connectivity index (χ1n) is 12.1. The number of anilines is 3. The third-order valence-corrected chi connectivity index (χ3v) is 6.24. The quantitative estimate of drug-likeness (QED) is 0.253. The van der Waals surface area contributed by atoms with Crippen molar-refractivity contribution in [1.29, 1.82) is 0 Å². The van der Waals surface area contributed by atoms with Gasteiger partial charge in [-0.25, -0.2) is 9.78 Å². The summed E-state index contributed by atoms with van der Waals surface area (Å²) >= 11 is 0. The number of nitrogens with zero attached hydrogens (tertiary/aromatic N) is 3.